The second-order valence-electron chi connectivity index (χ2n) is 7.49. The first-order chi connectivity index (χ1) is 14.7. The smallest absolute Gasteiger partial charge is 0.186 e. The van der Waals surface area contributed by atoms with E-state index in [1.807, 2.05) is 28.8 Å². The lowest BCUT2D eigenvalue weighted by Crippen LogP contribution is -2.05. The monoisotopic (exact) mass is 393 g/mol. The highest BCUT2D eigenvalue weighted by Gasteiger charge is 2.16. The molecule has 2 aromatic heterocycles. The minimum absolute atomic E-state index is 0.707. The molecule has 0 saturated carbocycles. The van der Waals surface area contributed by atoms with E-state index < -0.39 is 0 Å². The number of aryl methyl sites for hydroxylation is 2. The van der Waals surface area contributed by atoms with Crippen LogP contribution in [-0.4, -0.2) is 19.8 Å². The molecule has 5 rings (SSSR count). The maximum absolute atomic E-state index is 4.96. The van der Waals surface area contributed by atoms with Gasteiger partial charge in [0, 0.05) is 17.5 Å². The fraction of sp³-hybridized carbons (Fsp3) is 0.160. The molecule has 0 aliphatic heterocycles. The summed E-state index contributed by atoms with van der Waals surface area (Å²) in [5, 5.41) is 13.5. The van der Waals surface area contributed by atoms with Gasteiger partial charge in [-0.1, -0.05) is 72.8 Å². The molecule has 0 amide bonds. The fourth-order valence-electron chi connectivity index (χ4n) is 3.79. The second-order valence-corrected chi connectivity index (χ2v) is 7.49. The van der Waals surface area contributed by atoms with Crippen LogP contribution in [0.15, 0.2) is 72.8 Å². The summed E-state index contributed by atoms with van der Waals surface area (Å²) in [6.45, 7) is 4.96. The Morgan fingerprint density at radius 2 is 1.60 bits per heavy atom. The van der Waals surface area contributed by atoms with Gasteiger partial charge in [0.2, 0.25) is 0 Å². The van der Waals surface area contributed by atoms with Crippen molar-refractivity contribution in [2.45, 2.75) is 26.8 Å². The largest absolute Gasteiger partial charge is 0.365 e. The summed E-state index contributed by atoms with van der Waals surface area (Å²) >= 11 is 0. The highest BCUT2D eigenvalue weighted by Crippen LogP contribution is 2.29. The van der Waals surface area contributed by atoms with Crippen molar-refractivity contribution in [3.05, 3.63) is 89.5 Å². The molecule has 5 nitrogen and oxygen atoms in total. The molecule has 0 saturated heterocycles. The van der Waals surface area contributed by atoms with E-state index in [1.165, 1.54) is 11.1 Å². The number of nitrogens with zero attached hydrogens (tertiary/aromatic N) is 4. The number of anilines is 1. The van der Waals surface area contributed by atoms with Crippen molar-refractivity contribution in [2.75, 3.05) is 5.32 Å². The zero-order valence-corrected chi connectivity index (χ0v) is 17.1. The van der Waals surface area contributed by atoms with Crippen LogP contribution >= 0.6 is 0 Å². The van der Waals surface area contributed by atoms with Crippen molar-refractivity contribution >= 4 is 22.4 Å². The normalized spacial score (nSPS) is 11.3. The molecule has 0 fully saturated rings. The second kappa shape index (κ2) is 7.59. The zero-order valence-electron chi connectivity index (χ0n) is 17.1. The lowest BCUT2D eigenvalue weighted by molar-refractivity contribution is 0.876. The Bertz CT molecular complexity index is 1340. The standard InChI is InChI=1S/C25H23N5/c1-3-18-12-14-19(15-13-18)16-26-24-21-10-6-7-11-22(21)30-25(27-24)23(28-29-30)20-9-5-4-8-17(20)2/h4-15H,3,16H2,1-2H3,(H,26,27). The van der Waals surface area contributed by atoms with Crippen LogP contribution in [0.1, 0.15) is 23.6 Å². The predicted molar refractivity (Wildman–Crippen MR) is 122 cm³/mol. The summed E-state index contributed by atoms with van der Waals surface area (Å²) in [6, 6.07) is 25.1. The van der Waals surface area contributed by atoms with Crippen molar-refractivity contribution in [3.8, 4) is 11.3 Å². The molecule has 30 heavy (non-hydrogen) atoms. The molecule has 0 radical (unpaired) electrons. The molecule has 0 atom stereocenters. The first-order valence-electron chi connectivity index (χ1n) is 10.3. The number of fused-ring (bicyclic) bond motifs is 3. The minimum Gasteiger partial charge on any atom is -0.365 e. The first-order valence-corrected chi connectivity index (χ1v) is 10.3. The number of hydrogen-bond donors (Lipinski definition) is 1. The third-order valence-electron chi connectivity index (χ3n) is 5.54. The van der Waals surface area contributed by atoms with Crippen molar-refractivity contribution in [2.24, 2.45) is 0 Å². The summed E-state index contributed by atoms with van der Waals surface area (Å²) in [5.74, 6) is 0.842. The third kappa shape index (κ3) is 3.18. The molecule has 2 heterocycles. The molecule has 0 bridgehead atoms. The molecule has 0 spiro atoms. The molecule has 0 aliphatic carbocycles. The Hall–Kier alpha value is -3.73. The van der Waals surface area contributed by atoms with Crippen LogP contribution in [0.25, 0.3) is 27.8 Å². The number of para-hydroxylation sites is 1. The van der Waals surface area contributed by atoms with Crippen molar-refractivity contribution < 1.29 is 0 Å². The van der Waals surface area contributed by atoms with Gasteiger partial charge in [-0.05, 0) is 42.2 Å². The quantitative estimate of drug-likeness (QED) is 0.433. The van der Waals surface area contributed by atoms with Gasteiger partial charge < -0.3 is 5.32 Å². The van der Waals surface area contributed by atoms with Gasteiger partial charge >= 0.3 is 0 Å². The van der Waals surface area contributed by atoms with Crippen LogP contribution in [0.4, 0.5) is 5.82 Å². The summed E-state index contributed by atoms with van der Waals surface area (Å²) in [5.41, 5.74) is 7.32. The summed E-state index contributed by atoms with van der Waals surface area (Å²) < 4.78 is 1.83. The number of hydrogen-bond acceptors (Lipinski definition) is 4. The summed E-state index contributed by atoms with van der Waals surface area (Å²) in [7, 11) is 0. The molecule has 3 aromatic carbocycles. The molecular formula is C25H23N5. The van der Waals surface area contributed by atoms with Crippen molar-refractivity contribution in [3.63, 3.8) is 0 Å². The number of aromatic nitrogens is 4. The van der Waals surface area contributed by atoms with E-state index >= 15 is 0 Å². The van der Waals surface area contributed by atoms with Gasteiger partial charge in [0.1, 0.15) is 11.5 Å². The van der Waals surface area contributed by atoms with Gasteiger partial charge in [0.25, 0.3) is 0 Å². The summed E-state index contributed by atoms with van der Waals surface area (Å²) in [6.07, 6.45) is 1.05. The summed E-state index contributed by atoms with van der Waals surface area (Å²) in [4.78, 5) is 4.96. The number of nitrogens with one attached hydrogen (secondary N) is 1. The molecule has 5 heteroatoms. The average molecular weight is 393 g/mol. The van der Waals surface area contributed by atoms with Gasteiger partial charge in [-0.15, -0.1) is 5.10 Å². The van der Waals surface area contributed by atoms with E-state index in [4.69, 9.17) is 4.98 Å². The van der Waals surface area contributed by atoms with Crippen LogP contribution in [0.3, 0.4) is 0 Å². The topological polar surface area (TPSA) is 55.1 Å². The SMILES string of the molecule is CCc1ccc(CNc2nc3c(-c4ccccc4C)nnn3c3ccccc23)cc1. The van der Waals surface area contributed by atoms with E-state index in [0.29, 0.717) is 6.54 Å². The molecule has 5 aromatic rings. The van der Waals surface area contributed by atoms with E-state index in [9.17, 15) is 0 Å². The van der Waals surface area contributed by atoms with Crippen LogP contribution in [0.2, 0.25) is 0 Å². The Balaban J connectivity index is 1.61. The average Bonchev–Trinajstić information content (AvgIpc) is 3.22. The Morgan fingerprint density at radius 1 is 0.867 bits per heavy atom. The van der Waals surface area contributed by atoms with Crippen LogP contribution in [-0.2, 0) is 13.0 Å². The van der Waals surface area contributed by atoms with Crippen molar-refractivity contribution in [1.29, 1.82) is 0 Å². The minimum atomic E-state index is 0.707. The van der Waals surface area contributed by atoms with Gasteiger partial charge in [0.15, 0.2) is 5.65 Å². The fourth-order valence-corrected chi connectivity index (χ4v) is 3.79. The Morgan fingerprint density at radius 3 is 2.40 bits per heavy atom. The van der Waals surface area contributed by atoms with Crippen LogP contribution in [0, 0.1) is 6.92 Å². The Labute approximate surface area is 175 Å². The first kappa shape index (κ1) is 18.3. The lowest BCUT2D eigenvalue weighted by atomic mass is 10.1. The maximum Gasteiger partial charge on any atom is 0.186 e. The van der Waals surface area contributed by atoms with E-state index in [1.54, 1.807) is 0 Å². The molecule has 1 N–H and O–H groups in total. The van der Waals surface area contributed by atoms with Gasteiger partial charge in [-0.25, -0.2) is 4.98 Å². The molecule has 148 valence electrons. The third-order valence-corrected chi connectivity index (χ3v) is 5.54. The molecular weight excluding hydrogens is 370 g/mol. The molecule has 0 aliphatic rings. The van der Waals surface area contributed by atoms with Crippen molar-refractivity contribution in [1.82, 2.24) is 19.8 Å². The molecule has 0 unspecified atom stereocenters. The predicted octanol–water partition coefficient (Wildman–Crippen LogP) is 5.43. The van der Waals surface area contributed by atoms with Gasteiger partial charge in [-0.3, -0.25) is 0 Å². The number of rotatable bonds is 5. The van der Waals surface area contributed by atoms with Gasteiger partial charge in [0.05, 0.1) is 5.52 Å². The number of benzene rings is 3. The zero-order chi connectivity index (χ0) is 20.5. The lowest BCUT2D eigenvalue weighted by Gasteiger charge is -2.11. The van der Waals surface area contributed by atoms with E-state index in [2.05, 4.69) is 78.0 Å². The Kier molecular flexibility index (Phi) is 4.64. The maximum atomic E-state index is 4.96. The van der Waals surface area contributed by atoms with Crippen LogP contribution in [0.5, 0.6) is 0 Å². The van der Waals surface area contributed by atoms with E-state index in [0.717, 1.165) is 45.6 Å². The highest BCUT2D eigenvalue weighted by molar-refractivity contribution is 5.93. The van der Waals surface area contributed by atoms with E-state index in [-0.39, 0.29) is 0 Å². The highest BCUT2D eigenvalue weighted by atomic mass is 15.4. The van der Waals surface area contributed by atoms with Gasteiger partial charge in [-0.2, -0.15) is 4.52 Å². The van der Waals surface area contributed by atoms with Crippen LogP contribution < -0.4 is 5.32 Å².